The first-order valence-electron chi connectivity index (χ1n) is 7.61. The van der Waals surface area contributed by atoms with E-state index in [0.717, 1.165) is 12.8 Å². The van der Waals surface area contributed by atoms with Crippen molar-refractivity contribution in [1.29, 1.82) is 0 Å². The number of benzene rings is 1. The van der Waals surface area contributed by atoms with Gasteiger partial charge in [0, 0.05) is 18.7 Å². The molecule has 0 bridgehead atoms. The van der Waals surface area contributed by atoms with Gasteiger partial charge in [-0.2, -0.15) is 0 Å². The third-order valence-corrected chi connectivity index (χ3v) is 4.60. The third-order valence-electron chi connectivity index (χ3n) is 3.78. The van der Waals surface area contributed by atoms with Crippen LogP contribution >= 0.6 is 23.4 Å². The Hall–Kier alpha value is -1.51. The quantitative estimate of drug-likeness (QED) is 0.426. The highest BCUT2D eigenvalue weighted by molar-refractivity contribution is 7.98. The van der Waals surface area contributed by atoms with E-state index in [4.69, 9.17) is 16.4 Å². The van der Waals surface area contributed by atoms with Gasteiger partial charge in [0.1, 0.15) is 22.6 Å². The van der Waals surface area contributed by atoms with Crippen LogP contribution in [0.4, 0.5) is 19.0 Å². The molecule has 0 N–H and O–H groups in total. The second-order valence-corrected chi connectivity index (χ2v) is 6.74. The smallest absolute Gasteiger partial charge is 0.190 e. The predicted octanol–water partition coefficient (Wildman–Crippen LogP) is 4.86. The summed E-state index contributed by atoms with van der Waals surface area (Å²) in [6.07, 6.45) is 3.37. The fourth-order valence-corrected chi connectivity index (χ4v) is 3.34. The van der Waals surface area contributed by atoms with Gasteiger partial charge < -0.3 is 0 Å². The van der Waals surface area contributed by atoms with Crippen LogP contribution in [0.2, 0.25) is 5.15 Å². The number of aromatic nitrogens is 2. The lowest BCUT2D eigenvalue weighted by Gasteiger charge is -2.32. The van der Waals surface area contributed by atoms with Gasteiger partial charge in [0.15, 0.2) is 11.0 Å². The minimum atomic E-state index is -1.08. The van der Waals surface area contributed by atoms with Gasteiger partial charge >= 0.3 is 0 Å². The average molecular weight is 390 g/mol. The molecule has 1 unspecified atom stereocenters. The molecule has 0 spiro atoms. The van der Waals surface area contributed by atoms with Crippen molar-refractivity contribution in [3.63, 3.8) is 0 Å². The first-order valence-corrected chi connectivity index (χ1v) is 9.21. The summed E-state index contributed by atoms with van der Waals surface area (Å²) >= 11 is 7.45. The highest BCUT2D eigenvalue weighted by Crippen LogP contribution is 2.40. The van der Waals surface area contributed by atoms with E-state index in [1.54, 1.807) is 6.26 Å². The van der Waals surface area contributed by atoms with E-state index in [1.807, 2.05) is 6.92 Å². The zero-order valence-electron chi connectivity index (χ0n) is 13.5. The summed E-state index contributed by atoms with van der Waals surface area (Å²) in [6, 6.07) is 1.20. The second-order valence-electron chi connectivity index (χ2n) is 5.60. The molecule has 9 heteroatoms. The third kappa shape index (κ3) is 3.70. The van der Waals surface area contributed by atoms with E-state index >= 15 is 0 Å². The number of hydroxylamine groups is 1. The molecule has 0 amide bonds. The van der Waals surface area contributed by atoms with Gasteiger partial charge in [-0.15, -0.1) is 0 Å². The van der Waals surface area contributed by atoms with Gasteiger partial charge in [-0.05, 0) is 26.0 Å². The first-order chi connectivity index (χ1) is 11.9. The molecular weight excluding hydrogens is 375 g/mol. The summed E-state index contributed by atoms with van der Waals surface area (Å²) in [6.45, 7) is 2.38. The Morgan fingerprint density at radius 2 is 1.88 bits per heavy atom. The lowest BCUT2D eigenvalue weighted by molar-refractivity contribution is 0.0112. The number of anilines is 1. The summed E-state index contributed by atoms with van der Waals surface area (Å²) in [5.41, 5.74) is -0.528. The summed E-state index contributed by atoms with van der Waals surface area (Å²) in [4.78, 5) is 14.1. The van der Waals surface area contributed by atoms with Crippen LogP contribution in [0, 0.1) is 17.5 Å². The molecule has 134 valence electrons. The largest absolute Gasteiger partial charge is 0.269 e. The molecule has 1 aromatic heterocycles. The number of rotatable bonds is 3. The van der Waals surface area contributed by atoms with Gasteiger partial charge in [0.25, 0.3) is 0 Å². The van der Waals surface area contributed by atoms with Gasteiger partial charge in [0.2, 0.25) is 0 Å². The summed E-state index contributed by atoms with van der Waals surface area (Å²) in [7, 11) is 0. The van der Waals surface area contributed by atoms with Crippen LogP contribution in [0.1, 0.15) is 19.8 Å². The molecule has 2 aromatic rings. The fourth-order valence-electron chi connectivity index (χ4n) is 2.67. The van der Waals surface area contributed by atoms with Gasteiger partial charge in [-0.3, -0.25) is 4.84 Å². The molecule has 1 saturated heterocycles. The minimum absolute atomic E-state index is 0.0523. The van der Waals surface area contributed by atoms with Crippen molar-refractivity contribution in [2.24, 2.45) is 0 Å². The van der Waals surface area contributed by atoms with Crippen LogP contribution in [0.5, 0.6) is 0 Å². The molecule has 25 heavy (non-hydrogen) atoms. The van der Waals surface area contributed by atoms with Crippen molar-refractivity contribution in [2.45, 2.75) is 31.0 Å². The van der Waals surface area contributed by atoms with Crippen molar-refractivity contribution in [2.75, 3.05) is 17.9 Å². The zero-order chi connectivity index (χ0) is 18.1. The van der Waals surface area contributed by atoms with E-state index < -0.39 is 23.0 Å². The maximum atomic E-state index is 14.3. The van der Waals surface area contributed by atoms with Crippen LogP contribution in [0.15, 0.2) is 17.3 Å². The Morgan fingerprint density at radius 1 is 1.20 bits per heavy atom. The minimum Gasteiger partial charge on any atom is -0.269 e. The maximum Gasteiger partial charge on any atom is 0.190 e. The van der Waals surface area contributed by atoms with Crippen LogP contribution < -0.4 is 5.06 Å². The number of hydrogen-bond donors (Lipinski definition) is 0. The van der Waals surface area contributed by atoms with E-state index in [2.05, 4.69) is 9.97 Å². The van der Waals surface area contributed by atoms with Crippen molar-refractivity contribution < 1.29 is 18.0 Å². The lowest BCUT2D eigenvalue weighted by Crippen LogP contribution is -2.35. The van der Waals surface area contributed by atoms with Crippen LogP contribution in [-0.4, -0.2) is 28.9 Å². The molecule has 1 aliphatic rings. The number of hydrogen-bond acceptors (Lipinski definition) is 5. The number of halogens is 4. The number of thioether (sulfide) groups is 1. The topological polar surface area (TPSA) is 38.2 Å². The summed E-state index contributed by atoms with van der Waals surface area (Å²) in [5.74, 6) is -3.00. The highest BCUT2D eigenvalue weighted by Gasteiger charge is 2.28. The summed E-state index contributed by atoms with van der Waals surface area (Å²) < 4.78 is 41.9. The second kappa shape index (κ2) is 7.39. The summed E-state index contributed by atoms with van der Waals surface area (Å²) in [5, 5.41) is 1.69. The highest BCUT2D eigenvalue weighted by atomic mass is 35.5. The predicted molar refractivity (Wildman–Crippen MR) is 91.3 cm³/mol. The van der Waals surface area contributed by atoms with Crippen molar-refractivity contribution in [3.8, 4) is 11.1 Å². The molecular formula is C16H15ClF3N3OS. The maximum absolute atomic E-state index is 14.3. The molecule has 1 atom stereocenters. The van der Waals surface area contributed by atoms with Crippen molar-refractivity contribution >= 4 is 29.2 Å². The standard InChI is InChI=1S/C16H15ClF3N3OS/c1-8-4-3-5-23(24-8)15-13(14(17)21-16(22-15)25-2)12-10(19)6-9(18)7-11(12)20/h6-8H,3-5H2,1-2H3. The van der Waals surface area contributed by atoms with E-state index in [9.17, 15) is 13.2 Å². The van der Waals surface area contributed by atoms with E-state index in [-0.39, 0.29) is 22.6 Å². The van der Waals surface area contributed by atoms with E-state index in [1.165, 1.54) is 16.8 Å². The van der Waals surface area contributed by atoms with Gasteiger partial charge in [-0.1, -0.05) is 23.4 Å². The van der Waals surface area contributed by atoms with Crippen molar-refractivity contribution in [1.82, 2.24) is 9.97 Å². The molecule has 4 nitrogen and oxygen atoms in total. The molecule has 1 aromatic carbocycles. The molecule has 1 fully saturated rings. The molecule has 0 aliphatic carbocycles. The Bertz CT molecular complexity index is 785. The van der Waals surface area contributed by atoms with Gasteiger partial charge in [-0.25, -0.2) is 28.2 Å². The normalized spacial score (nSPS) is 17.8. The van der Waals surface area contributed by atoms with E-state index in [0.29, 0.717) is 23.8 Å². The first kappa shape index (κ1) is 18.3. The fraction of sp³-hybridized carbons (Fsp3) is 0.375. The molecule has 2 heterocycles. The van der Waals surface area contributed by atoms with Crippen LogP contribution in [0.25, 0.3) is 11.1 Å². The molecule has 0 saturated carbocycles. The van der Waals surface area contributed by atoms with Crippen molar-refractivity contribution in [3.05, 3.63) is 34.7 Å². The monoisotopic (exact) mass is 389 g/mol. The Kier molecular flexibility index (Phi) is 5.41. The Morgan fingerprint density at radius 3 is 2.48 bits per heavy atom. The van der Waals surface area contributed by atoms with Crippen LogP contribution in [0.3, 0.4) is 0 Å². The molecule has 3 rings (SSSR count). The van der Waals surface area contributed by atoms with Crippen LogP contribution in [-0.2, 0) is 4.84 Å². The zero-order valence-corrected chi connectivity index (χ0v) is 15.1. The van der Waals surface area contributed by atoms with Gasteiger partial charge in [0.05, 0.1) is 17.2 Å². The SMILES string of the molecule is CSc1nc(Cl)c(-c2c(F)cc(F)cc2F)c(N2CCCC(C)O2)n1. The number of nitrogens with zero attached hydrogens (tertiary/aromatic N) is 3. The molecule has 0 radical (unpaired) electrons. The lowest BCUT2D eigenvalue weighted by atomic mass is 10.1. The Balaban J connectivity index is 2.22. The Labute approximate surface area is 152 Å². The molecule has 1 aliphatic heterocycles. The average Bonchev–Trinajstić information content (AvgIpc) is 2.55.